The first-order chi connectivity index (χ1) is 11.0. The molecule has 1 saturated carbocycles. The lowest BCUT2D eigenvalue weighted by atomic mass is 9.78. The maximum atomic E-state index is 2.46. The number of hydrogen-bond acceptors (Lipinski definition) is 0. The number of benzene rings is 2. The third-order valence-electron chi connectivity index (χ3n) is 5.69. The van der Waals surface area contributed by atoms with Gasteiger partial charge in [0.05, 0.1) is 0 Å². The predicted octanol–water partition coefficient (Wildman–Crippen LogP) is 6.88. The molecule has 1 aliphatic carbocycles. The van der Waals surface area contributed by atoms with Crippen molar-refractivity contribution in [3.05, 3.63) is 58.1 Å². The summed E-state index contributed by atoms with van der Waals surface area (Å²) in [5.74, 6) is 1.69. The molecule has 0 saturated heterocycles. The summed E-state index contributed by atoms with van der Waals surface area (Å²) in [6, 6.07) is 11.7. The van der Waals surface area contributed by atoms with Crippen LogP contribution in [0.25, 0.3) is 11.1 Å². The van der Waals surface area contributed by atoms with Crippen LogP contribution >= 0.6 is 0 Å². The van der Waals surface area contributed by atoms with Gasteiger partial charge in [0.15, 0.2) is 0 Å². The van der Waals surface area contributed by atoms with Gasteiger partial charge in [0.2, 0.25) is 0 Å². The highest BCUT2D eigenvalue weighted by molar-refractivity contribution is 5.74. The molecule has 0 N–H and O–H groups in total. The summed E-state index contributed by atoms with van der Waals surface area (Å²) in [5, 5.41) is 0. The van der Waals surface area contributed by atoms with E-state index in [9.17, 15) is 0 Å². The van der Waals surface area contributed by atoms with E-state index < -0.39 is 0 Å². The van der Waals surface area contributed by atoms with Gasteiger partial charge in [-0.1, -0.05) is 55.7 Å². The molecule has 0 heteroatoms. The van der Waals surface area contributed by atoms with Crippen LogP contribution in [-0.2, 0) is 0 Å². The predicted molar refractivity (Wildman–Crippen MR) is 101 cm³/mol. The van der Waals surface area contributed by atoms with Crippen LogP contribution in [-0.4, -0.2) is 0 Å². The maximum absolute atomic E-state index is 2.46. The molecule has 3 rings (SSSR count). The van der Waals surface area contributed by atoms with Crippen molar-refractivity contribution in [2.45, 2.75) is 66.2 Å². The van der Waals surface area contributed by atoms with Gasteiger partial charge >= 0.3 is 0 Å². The van der Waals surface area contributed by atoms with Gasteiger partial charge in [0.1, 0.15) is 0 Å². The fourth-order valence-corrected chi connectivity index (χ4v) is 4.35. The minimum absolute atomic E-state index is 0.775. The van der Waals surface area contributed by atoms with Crippen molar-refractivity contribution >= 4 is 0 Å². The Balaban J connectivity index is 1.97. The zero-order valence-corrected chi connectivity index (χ0v) is 15.4. The Morgan fingerprint density at radius 3 is 1.91 bits per heavy atom. The van der Waals surface area contributed by atoms with Crippen molar-refractivity contribution < 1.29 is 0 Å². The lowest BCUT2D eigenvalue weighted by Gasteiger charge is -2.27. The van der Waals surface area contributed by atoms with Gasteiger partial charge in [-0.25, -0.2) is 0 Å². The molecular formula is C23H30. The van der Waals surface area contributed by atoms with Gasteiger partial charge in [-0.2, -0.15) is 0 Å². The number of hydrogen-bond donors (Lipinski definition) is 0. The molecule has 0 aliphatic heterocycles. The second-order valence-electron chi connectivity index (χ2n) is 7.80. The van der Waals surface area contributed by atoms with Gasteiger partial charge in [0, 0.05) is 0 Å². The molecule has 122 valence electrons. The first-order valence-electron chi connectivity index (χ1n) is 9.14. The Morgan fingerprint density at radius 1 is 0.739 bits per heavy atom. The summed E-state index contributed by atoms with van der Waals surface area (Å²) >= 11 is 0. The average Bonchev–Trinajstić information content (AvgIpc) is 2.49. The van der Waals surface area contributed by atoms with Crippen LogP contribution in [0.5, 0.6) is 0 Å². The second kappa shape index (κ2) is 6.51. The van der Waals surface area contributed by atoms with E-state index in [0.29, 0.717) is 0 Å². The van der Waals surface area contributed by atoms with Crippen LogP contribution < -0.4 is 0 Å². The van der Waals surface area contributed by atoms with E-state index in [0.717, 1.165) is 11.8 Å². The molecule has 0 radical (unpaired) electrons. The van der Waals surface area contributed by atoms with Crippen molar-refractivity contribution in [3.63, 3.8) is 0 Å². The Hall–Kier alpha value is -1.56. The Morgan fingerprint density at radius 2 is 1.35 bits per heavy atom. The third-order valence-corrected chi connectivity index (χ3v) is 5.69. The Labute approximate surface area is 141 Å². The molecule has 0 nitrogen and oxygen atoms in total. The zero-order valence-electron chi connectivity index (χ0n) is 15.4. The van der Waals surface area contributed by atoms with Gasteiger partial charge in [-0.05, 0) is 85.8 Å². The molecule has 2 aromatic carbocycles. The van der Waals surface area contributed by atoms with Crippen molar-refractivity contribution in [1.82, 2.24) is 0 Å². The highest BCUT2D eigenvalue weighted by atomic mass is 14.3. The average molecular weight is 306 g/mol. The van der Waals surface area contributed by atoms with Gasteiger partial charge in [-0.3, -0.25) is 0 Å². The van der Waals surface area contributed by atoms with E-state index in [1.807, 2.05) is 0 Å². The fourth-order valence-electron chi connectivity index (χ4n) is 4.35. The second-order valence-corrected chi connectivity index (χ2v) is 7.80. The minimum Gasteiger partial charge on any atom is -0.0625 e. The monoisotopic (exact) mass is 306 g/mol. The summed E-state index contributed by atoms with van der Waals surface area (Å²) in [5.41, 5.74) is 10.0. The van der Waals surface area contributed by atoms with Crippen molar-refractivity contribution in [2.24, 2.45) is 5.92 Å². The van der Waals surface area contributed by atoms with Crippen LogP contribution in [0.2, 0.25) is 0 Å². The van der Waals surface area contributed by atoms with E-state index in [1.54, 1.807) is 5.56 Å². The van der Waals surface area contributed by atoms with E-state index in [2.05, 4.69) is 65.0 Å². The van der Waals surface area contributed by atoms with Crippen molar-refractivity contribution in [1.29, 1.82) is 0 Å². The molecular weight excluding hydrogens is 276 g/mol. The normalized spacial score (nSPS) is 21.4. The molecule has 23 heavy (non-hydrogen) atoms. The Kier molecular flexibility index (Phi) is 4.62. The van der Waals surface area contributed by atoms with Crippen LogP contribution in [0.1, 0.15) is 66.3 Å². The van der Waals surface area contributed by atoms with E-state index in [4.69, 9.17) is 0 Å². The summed E-state index contributed by atoms with van der Waals surface area (Å²) in [4.78, 5) is 0. The van der Waals surface area contributed by atoms with Gasteiger partial charge in [0.25, 0.3) is 0 Å². The summed E-state index contributed by atoms with van der Waals surface area (Å²) in [6.45, 7) is 11.4. The standard InChI is InChI=1S/C23H30/c1-15-6-9-20(10-7-15)21-13-18(4)23(19(5)14-21)22-11-8-16(2)12-17(22)3/h8,11-15,20H,6-7,9-10H2,1-5H3. The SMILES string of the molecule is Cc1ccc(-c2c(C)cc(C3CCC(C)CC3)cc2C)c(C)c1. The molecule has 0 atom stereocenters. The van der Waals surface area contributed by atoms with Crippen molar-refractivity contribution in [3.8, 4) is 11.1 Å². The number of aryl methyl sites for hydroxylation is 4. The maximum Gasteiger partial charge on any atom is -0.0123 e. The highest BCUT2D eigenvalue weighted by Crippen LogP contribution is 2.39. The first kappa shape index (κ1) is 16.3. The van der Waals surface area contributed by atoms with Gasteiger partial charge < -0.3 is 0 Å². The molecule has 0 aromatic heterocycles. The van der Waals surface area contributed by atoms with Crippen molar-refractivity contribution in [2.75, 3.05) is 0 Å². The molecule has 0 amide bonds. The topological polar surface area (TPSA) is 0 Å². The quantitative estimate of drug-likeness (QED) is 0.567. The molecule has 1 aliphatic rings. The molecule has 0 spiro atoms. The van der Waals surface area contributed by atoms with E-state index in [1.165, 1.54) is 59.1 Å². The minimum atomic E-state index is 0.775. The summed E-state index contributed by atoms with van der Waals surface area (Å²) in [7, 11) is 0. The van der Waals surface area contributed by atoms with Crippen LogP contribution in [0.3, 0.4) is 0 Å². The highest BCUT2D eigenvalue weighted by Gasteiger charge is 2.21. The van der Waals surface area contributed by atoms with E-state index >= 15 is 0 Å². The first-order valence-corrected chi connectivity index (χ1v) is 9.14. The van der Waals surface area contributed by atoms with Crippen LogP contribution in [0, 0.1) is 33.6 Å². The Bertz CT molecular complexity index is 677. The number of rotatable bonds is 2. The fraction of sp³-hybridized carbons (Fsp3) is 0.478. The van der Waals surface area contributed by atoms with E-state index in [-0.39, 0.29) is 0 Å². The largest absolute Gasteiger partial charge is 0.0625 e. The molecule has 1 fully saturated rings. The molecule has 0 bridgehead atoms. The lowest BCUT2D eigenvalue weighted by Crippen LogP contribution is -2.11. The molecule has 2 aromatic rings. The van der Waals surface area contributed by atoms with Crippen LogP contribution in [0.4, 0.5) is 0 Å². The molecule has 0 heterocycles. The zero-order chi connectivity index (χ0) is 16.6. The van der Waals surface area contributed by atoms with Gasteiger partial charge in [-0.15, -0.1) is 0 Å². The summed E-state index contributed by atoms with van der Waals surface area (Å²) < 4.78 is 0. The summed E-state index contributed by atoms with van der Waals surface area (Å²) in [6.07, 6.45) is 5.51. The lowest BCUT2D eigenvalue weighted by molar-refractivity contribution is 0.348. The van der Waals surface area contributed by atoms with Crippen LogP contribution in [0.15, 0.2) is 30.3 Å². The third kappa shape index (κ3) is 3.37. The smallest absolute Gasteiger partial charge is 0.0123 e. The molecule has 0 unspecified atom stereocenters.